The van der Waals surface area contributed by atoms with Crippen LogP contribution in [0.1, 0.15) is 13.8 Å². The minimum absolute atomic E-state index is 0.176. The highest BCUT2D eigenvalue weighted by Crippen LogP contribution is 2.16. The van der Waals surface area contributed by atoms with Gasteiger partial charge >= 0.3 is 0 Å². The van der Waals surface area contributed by atoms with Gasteiger partial charge in [0.15, 0.2) is 0 Å². The van der Waals surface area contributed by atoms with E-state index in [2.05, 4.69) is 11.8 Å². The fraction of sp³-hybridized carbons (Fsp3) is 0.625. The van der Waals surface area contributed by atoms with E-state index in [1.807, 2.05) is 0 Å². The van der Waals surface area contributed by atoms with Crippen LogP contribution in [-0.4, -0.2) is 24.8 Å². The lowest BCUT2D eigenvalue weighted by Crippen LogP contribution is -2.22. The zero-order valence-electron chi connectivity index (χ0n) is 6.64. The molecule has 0 spiro atoms. The average molecular weight is 154 g/mol. The van der Waals surface area contributed by atoms with Gasteiger partial charge in [-0.2, -0.15) is 0 Å². The third kappa shape index (κ3) is 2.34. The van der Waals surface area contributed by atoms with Crippen LogP contribution in [0.15, 0.2) is 0 Å². The first-order valence-corrected chi connectivity index (χ1v) is 3.44. The second kappa shape index (κ2) is 3.04. The van der Waals surface area contributed by atoms with Crippen molar-refractivity contribution in [3.05, 3.63) is 0 Å². The summed E-state index contributed by atoms with van der Waals surface area (Å²) >= 11 is 0. The van der Waals surface area contributed by atoms with Crippen molar-refractivity contribution >= 4 is 5.78 Å². The van der Waals surface area contributed by atoms with Crippen molar-refractivity contribution in [3.8, 4) is 11.8 Å². The van der Waals surface area contributed by atoms with E-state index in [0.717, 1.165) is 0 Å². The summed E-state index contributed by atoms with van der Waals surface area (Å²) in [5.74, 6) is 3.97. The summed E-state index contributed by atoms with van der Waals surface area (Å²) in [6, 6.07) is 0. The fourth-order valence-corrected chi connectivity index (χ4v) is 0.788. The third-order valence-electron chi connectivity index (χ3n) is 1.30. The second-order valence-corrected chi connectivity index (χ2v) is 2.45. The molecular formula is C8H10O3. The van der Waals surface area contributed by atoms with Crippen molar-refractivity contribution in [2.75, 3.05) is 13.2 Å². The van der Waals surface area contributed by atoms with Crippen LogP contribution < -0.4 is 0 Å². The Balaban J connectivity index is 2.61. The second-order valence-electron chi connectivity index (χ2n) is 2.45. The predicted molar refractivity (Wildman–Crippen MR) is 38.8 cm³/mol. The highest BCUT2D eigenvalue weighted by molar-refractivity contribution is 5.93. The molecule has 0 atom stereocenters. The minimum atomic E-state index is -0.855. The van der Waals surface area contributed by atoms with E-state index in [0.29, 0.717) is 13.2 Å². The molecule has 11 heavy (non-hydrogen) atoms. The number of Topliss-reactive ketones (excluding diaryl/α,β-unsaturated/α-hetero) is 1. The van der Waals surface area contributed by atoms with E-state index in [-0.39, 0.29) is 5.78 Å². The molecule has 60 valence electrons. The van der Waals surface area contributed by atoms with Crippen LogP contribution in [-0.2, 0) is 14.3 Å². The Morgan fingerprint density at radius 1 is 1.45 bits per heavy atom. The average Bonchev–Trinajstić information content (AvgIpc) is 2.33. The van der Waals surface area contributed by atoms with Crippen LogP contribution in [0.4, 0.5) is 0 Å². The summed E-state index contributed by atoms with van der Waals surface area (Å²) < 4.78 is 10.3. The summed E-state index contributed by atoms with van der Waals surface area (Å²) in [7, 11) is 0. The van der Waals surface area contributed by atoms with Crippen molar-refractivity contribution in [1.29, 1.82) is 0 Å². The van der Waals surface area contributed by atoms with Gasteiger partial charge < -0.3 is 9.47 Å². The van der Waals surface area contributed by atoms with Crippen LogP contribution in [0.5, 0.6) is 0 Å². The summed E-state index contributed by atoms with van der Waals surface area (Å²) in [6.07, 6.45) is 0. The van der Waals surface area contributed by atoms with Crippen molar-refractivity contribution in [1.82, 2.24) is 0 Å². The van der Waals surface area contributed by atoms with Gasteiger partial charge in [0.05, 0.1) is 13.2 Å². The van der Waals surface area contributed by atoms with Crippen LogP contribution in [0.3, 0.4) is 0 Å². The maximum atomic E-state index is 10.5. The molecular weight excluding hydrogens is 144 g/mol. The molecule has 0 aromatic heterocycles. The van der Waals surface area contributed by atoms with E-state index in [4.69, 9.17) is 9.47 Å². The molecule has 0 aromatic carbocycles. The number of ketones is 1. The normalized spacial score (nSPS) is 20.5. The van der Waals surface area contributed by atoms with Gasteiger partial charge in [0, 0.05) is 13.8 Å². The zero-order chi connectivity index (χ0) is 8.32. The molecule has 1 aliphatic heterocycles. The molecule has 3 heteroatoms. The molecule has 1 heterocycles. The number of carbonyl (C=O) groups excluding carboxylic acids is 1. The molecule has 0 bridgehead atoms. The Labute approximate surface area is 65.7 Å². The van der Waals surface area contributed by atoms with Gasteiger partial charge in [0.25, 0.3) is 0 Å². The Hall–Kier alpha value is -0.850. The minimum Gasteiger partial charge on any atom is -0.337 e. The molecule has 3 nitrogen and oxygen atoms in total. The first-order chi connectivity index (χ1) is 5.12. The third-order valence-corrected chi connectivity index (χ3v) is 1.30. The number of ether oxygens (including phenoxy) is 2. The predicted octanol–water partition coefficient (Wildman–Crippen LogP) is 0.342. The van der Waals surface area contributed by atoms with Gasteiger partial charge in [-0.1, -0.05) is 0 Å². The maximum absolute atomic E-state index is 10.5. The van der Waals surface area contributed by atoms with Gasteiger partial charge in [-0.25, -0.2) is 0 Å². The topological polar surface area (TPSA) is 35.5 Å². The summed E-state index contributed by atoms with van der Waals surface area (Å²) in [6.45, 7) is 4.20. The van der Waals surface area contributed by atoms with Crippen LogP contribution in [0, 0.1) is 11.8 Å². The van der Waals surface area contributed by atoms with Crippen molar-refractivity contribution in [2.45, 2.75) is 19.6 Å². The molecule has 0 aromatic rings. The number of hydrogen-bond donors (Lipinski definition) is 0. The van der Waals surface area contributed by atoms with Crippen molar-refractivity contribution < 1.29 is 14.3 Å². The Kier molecular flexibility index (Phi) is 2.28. The SMILES string of the molecule is CC(=O)C#CC1(C)OCCO1. The molecule has 0 saturated carbocycles. The molecule has 0 aliphatic carbocycles. The van der Waals surface area contributed by atoms with Crippen molar-refractivity contribution in [3.63, 3.8) is 0 Å². The Bertz CT molecular complexity index is 215. The molecule has 0 radical (unpaired) electrons. The Morgan fingerprint density at radius 3 is 2.45 bits per heavy atom. The van der Waals surface area contributed by atoms with Gasteiger partial charge in [-0.3, -0.25) is 4.79 Å². The summed E-state index contributed by atoms with van der Waals surface area (Å²) in [5, 5.41) is 0. The van der Waals surface area contributed by atoms with E-state index in [9.17, 15) is 4.79 Å². The highest BCUT2D eigenvalue weighted by atomic mass is 16.7. The van der Waals surface area contributed by atoms with E-state index in [1.54, 1.807) is 6.92 Å². The lowest BCUT2D eigenvalue weighted by atomic mass is 10.3. The molecule has 0 N–H and O–H groups in total. The first-order valence-electron chi connectivity index (χ1n) is 3.44. The lowest BCUT2D eigenvalue weighted by molar-refractivity contribution is -0.112. The molecule has 1 saturated heterocycles. The quantitative estimate of drug-likeness (QED) is 0.373. The maximum Gasteiger partial charge on any atom is 0.231 e. The number of rotatable bonds is 0. The smallest absolute Gasteiger partial charge is 0.231 e. The van der Waals surface area contributed by atoms with Crippen molar-refractivity contribution in [2.24, 2.45) is 0 Å². The largest absolute Gasteiger partial charge is 0.337 e. The first kappa shape index (κ1) is 8.25. The zero-order valence-corrected chi connectivity index (χ0v) is 6.64. The Morgan fingerprint density at radius 2 is 2.00 bits per heavy atom. The van der Waals surface area contributed by atoms with Crippen LogP contribution >= 0.6 is 0 Å². The molecule has 0 unspecified atom stereocenters. The highest BCUT2D eigenvalue weighted by Gasteiger charge is 2.28. The monoisotopic (exact) mass is 154 g/mol. The van der Waals surface area contributed by atoms with Gasteiger partial charge in [-0.15, -0.1) is 0 Å². The number of carbonyl (C=O) groups is 1. The molecule has 1 rings (SSSR count). The standard InChI is InChI=1S/C8H10O3/c1-7(9)3-4-8(2)10-5-6-11-8/h5-6H2,1-2H3. The summed E-state index contributed by atoms with van der Waals surface area (Å²) in [4.78, 5) is 10.5. The molecule has 0 amide bonds. The van der Waals surface area contributed by atoms with Crippen LogP contribution in [0.2, 0.25) is 0 Å². The van der Waals surface area contributed by atoms with Gasteiger partial charge in [0.1, 0.15) is 0 Å². The fourth-order valence-electron chi connectivity index (χ4n) is 0.788. The lowest BCUT2D eigenvalue weighted by Gasteiger charge is -2.13. The molecule has 1 aliphatic rings. The number of hydrogen-bond acceptors (Lipinski definition) is 3. The summed E-state index contributed by atoms with van der Waals surface area (Å²) in [5.41, 5.74) is 0. The van der Waals surface area contributed by atoms with E-state index >= 15 is 0 Å². The molecule has 1 fully saturated rings. The van der Waals surface area contributed by atoms with E-state index in [1.165, 1.54) is 6.92 Å². The van der Waals surface area contributed by atoms with Crippen LogP contribution in [0.25, 0.3) is 0 Å². The van der Waals surface area contributed by atoms with Gasteiger partial charge in [-0.05, 0) is 11.8 Å². The van der Waals surface area contributed by atoms with E-state index < -0.39 is 5.79 Å². The van der Waals surface area contributed by atoms with Gasteiger partial charge in [0.2, 0.25) is 11.6 Å².